The molecule has 78 valence electrons. The molecule has 1 aromatic carbocycles. The van der Waals surface area contributed by atoms with E-state index in [1.807, 2.05) is 24.3 Å². The van der Waals surface area contributed by atoms with Gasteiger partial charge in [-0.2, -0.15) is 0 Å². The number of carbonyl (C=O) groups excluding carboxylic acids is 2. The van der Waals surface area contributed by atoms with Crippen LogP contribution in [0.15, 0.2) is 41.7 Å². The van der Waals surface area contributed by atoms with Crippen molar-refractivity contribution in [3.05, 3.63) is 52.8 Å². The summed E-state index contributed by atoms with van der Waals surface area (Å²) in [5.41, 5.74) is 3.24. The first-order valence-corrected chi connectivity index (χ1v) is 4.99. The fraction of sp³-hybridized carbons (Fsp3) is 0.0769. The Labute approximate surface area is 91.7 Å². The van der Waals surface area contributed by atoms with Gasteiger partial charge >= 0.3 is 0 Å². The van der Waals surface area contributed by atoms with E-state index in [-0.39, 0.29) is 0 Å². The van der Waals surface area contributed by atoms with Crippen molar-refractivity contribution in [3.8, 4) is 0 Å². The summed E-state index contributed by atoms with van der Waals surface area (Å²) >= 11 is 0. The molecule has 2 aliphatic carbocycles. The topological polar surface area (TPSA) is 54.4 Å². The molecule has 3 rings (SSSR count). The molecule has 0 atom stereocenters. The number of Topliss-reactive ketones (excluding diaryl/α,β-unsaturated/α-hetero) is 1. The van der Waals surface area contributed by atoms with E-state index in [1.54, 1.807) is 0 Å². The average Bonchev–Trinajstić information content (AvgIpc) is 2.65. The first kappa shape index (κ1) is 9.09. The van der Waals surface area contributed by atoms with Crippen LogP contribution >= 0.6 is 0 Å². The van der Waals surface area contributed by atoms with Gasteiger partial charge in [-0.1, -0.05) is 24.3 Å². The van der Waals surface area contributed by atoms with Gasteiger partial charge in [-0.25, -0.2) is 0 Å². The molecule has 0 saturated carbocycles. The quantitative estimate of drug-likeness (QED) is 0.524. The van der Waals surface area contributed by atoms with Crippen molar-refractivity contribution in [2.24, 2.45) is 0 Å². The Morgan fingerprint density at radius 1 is 1.12 bits per heavy atom. The van der Waals surface area contributed by atoms with Crippen LogP contribution in [0.5, 0.6) is 0 Å². The van der Waals surface area contributed by atoms with Crippen LogP contribution < -0.4 is 0 Å². The summed E-state index contributed by atoms with van der Waals surface area (Å²) in [6, 6.07) is 7.60. The monoisotopic (exact) mass is 212 g/mol. The van der Waals surface area contributed by atoms with Crippen molar-refractivity contribution in [1.29, 1.82) is 0 Å². The summed E-state index contributed by atoms with van der Waals surface area (Å²) in [5, 5.41) is 9.66. The van der Waals surface area contributed by atoms with Crippen molar-refractivity contribution in [2.45, 2.75) is 6.42 Å². The highest BCUT2D eigenvalue weighted by atomic mass is 16.3. The van der Waals surface area contributed by atoms with Crippen LogP contribution in [0, 0.1) is 0 Å². The van der Waals surface area contributed by atoms with E-state index in [4.69, 9.17) is 0 Å². The Hall–Kier alpha value is -2.16. The Balaban J connectivity index is 2.28. The summed E-state index contributed by atoms with van der Waals surface area (Å²) in [6.07, 6.45) is 1.84. The van der Waals surface area contributed by atoms with Crippen LogP contribution in [0.2, 0.25) is 0 Å². The molecule has 0 amide bonds. The van der Waals surface area contributed by atoms with Gasteiger partial charge in [-0.15, -0.1) is 0 Å². The minimum atomic E-state index is -0.799. The van der Waals surface area contributed by atoms with Crippen LogP contribution in [0.1, 0.15) is 11.1 Å². The molecule has 3 heteroatoms. The van der Waals surface area contributed by atoms with E-state index in [1.165, 1.54) is 6.08 Å². The van der Waals surface area contributed by atoms with Gasteiger partial charge < -0.3 is 5.11 Å². The van der Waals surface area contributed by atoms with Crippen molar-refractivity contribution < 1.29 is 14.7 Å². The second-order valence-electron chi connectivity index (χ2n) is 3.91. The summed E-state index contributed by atoms with van der Waals surface area (Å²) in [6.45, 7) is 0. The van der Waals surface area contributed by atoms with E-state index in [2.05, 4.69) is 0 Å². The maximum Gasteiger partial charge on any atom is 0.267 e. The van der Waals surface area contributed by atoms with Crippen LogP contribution in [0.25, 0.3) is 5.57 Å². The van der Waals surface area contributed by atoms with Crippen molar-refractivity contribution >= 4 is 17.1 Å². The lowest BCUT2D eigenvalue weighted by atomic mass is 9.95. The SMILES string of the molecule is O=C1C=C2C(=C(O)C1=O)Cc1ccccc12. The molecule has 0 aliphatic heterocycles. The zero-order chi connectivity index (χ0) is 11.3. The van der Waals surface area contributed by atoms with Crippen LogP contribution in [-0.2, 0) is 16.0 Å². The third kappa shape index (κ3) is 1.03. The van der Waals surface area contributed by atoms with Gasteiger partial charge in [0.15, 0.2) is 5.76 Å². The molecule has 0 bridgehead atoms. The fourth-order valence-electron chi connectivity index (χ4n) is 2.21. The molecule has 0 aromatic heterocycles. The maximum atomic E-state index is 11.3. The van der Waals surface area contributed by atoms with Crippen molar-refractivity contribution in [1.82, 2.24) is 0 Å². The number of rotatable bonds is 0. The number of fused-ring (bicyclic) bond motifs is 3. The molecule has 16 heavy (non-hydrogen) atoms. The highest BCUT2D eigenvalue weighted by molar-refractivity contribution is 6.49. The molecular formula is C13H8O3. The lowest BCUT2D eigenvalue weighted by molar-refractivity contribution is -0.133. The lowest BCUT2D eigenvalue weighted by Crippen LogP contribution is -2.19. The normalized spacial score (nSPS) is 18.4. The molecule has 1 aromatic rings. The molecule has 3 nitrogen and oxygen atoms in total. The molecular weight excluding hydrogens is 204 g/mol. The van der Waals surface area contributed by atoms with Gasteiger partial charge in [0.25, 0.3) is 5.78 Å². The number of ketones is 2. The number of allylic oxidation sites excluding steroid dienone is 4. The van der Waals surface area contributed by atoms with Gasteiger partial charge in [-0.3, -0.25) is 9.59 Å². The standard InChI is InChI=1S/C13H8O3/c14-11-6-9-8-4-2-1-3-7(8)5-10(9)12(15)13(11)16/h1-4,6,15H,5H2. The molecule has 0 radical (unpaired) electrons. The van der Waals surface area contributed by atoms with E-state index < -0.39 is 17.3 Å². The molecule has 2 aliphatic rings. The predicted octanol–water partition coefficient (Wildman–Crippen LogP) is 1.59. The van der Waals surface area contributed by atoms with Gasteiger partial charge in [0.05, 0.1) is 0 Å². The largest absolute Gasteiger partial charge is 0.504 e. The van der Waals surface area contributed by atoms with Crippen LogP contribution in [-0.4, -0.2) is 16.7 Å². The second kappa shape index (κ2) is 2.92. The zero-order valence-electron chi connectivity index (χ0n) is 8.36. The van der Waals surface area contributed by atoms with E-state index in [0.29, 0.717) is 17.6 Å². The lowest BCUT2D eigenvalue weighted by Gasteiger charge is -2.09. The minimum absolute atomic E-state index is 0.390. The Bertz CT molecular complexity index is 591. The number of hydrogen-bond donors (Lipinski definition) is 1. The average molecular weight is 212 g/mol. The fourth-order valence-corrected chi connectivity index (χ4v) is 2.21. The third-order valence-corrected chi connectivity index (χ3v) is 3.00. The minimum Gasteiger partial charge on any atom is -0.504 e. The number of hydrogen-bond acceptors (Lipinski definition) is 3. The highest BCUT2D eigenvalue weighted by Gasteiger charge is 2.33. The second-order valence-corrected chi connectivity index (χ2v) is 3.91. The molecule has 1 N–H and O–H groups in total. The summed E-state index contributed by atoms with van der Waals surface area (Å²) < 4.78 is 0. The number of aliphatic hydroxyl groups is 1. The summed E-state index contributed by atoms with van der Waals surface area (Å²) in [5.74, 6) is -1.83. The molecule has 0 spiro atoms. The first-order chi connectivity index (χ1) is 7.68. The van der Waals surface area contributed by atoms with Gasteiger partial charge in [0.2, 0.25) is 5.78 Å². The maximum absolute atomic E-state index is 11.3. The van der Waals surface area contributed by atoms with E-state index >= 15 is 0 Å². The van der Waals surface area contributed by atoms with Crippen LogP contribution in [0.4, 0.5) is 0 Å². The molecule has 0 saturated heterocycles. The molecule has 0 fully saturated rings. The van der Waals surface area contributed by atoms with Crippen LogP contribution in [0.3, 0.4) is 0 Å². The number of aliphatic hydroxyl groups excluding tert-OH is 1. The Morgan fingerprint density at radius 3 is 2.69 bits per heavy atom. The van der Waals surface area contributed by atoms with E-state index in [9.17, 15) is 14.7 Å². The third-order valence-electron chi connectivity index (χ3n) is 3.00. The number of benzene rings is 1. The highest BCUT2D eigenvalue weighted by Crippen LogP contribution is 2.39. The first-order valence-electron chi connectivity index (χ1n) is 4.99. The predicted molar refractivity (Wildman–Crippen MR) is 57.8 cm³/mol. The Kier molecular flexibility index (Phi) is 1.66. The smallest absolute Gasteiger partial charge is 0.267 e. The van der Waals surface area contributed by atoms with Crippen molar-refractivity contribution in [3.63, 3.8) is 0 Å². The Morgan fingerprint density at radius 2 is 1.88 bits per heavy atom. The van der Waals surface area contributed by atoms with E-state index in [0.717, 1.165) is 11.1 Å². The number of carbonyl (C=O) groups is 2. The molecule has 0 unspecified atom stereocenters. The summed E-state index contributed by atoms with van der Waals surface area (Å²) in [4.78, 5) is 22.7. The van der Waals surface area contributed by atoms with Crippen molar-refractivity contribution in [2.75, 3.05) is 0 Å². The van der Waals surface area contributed by atoms with Gasteiger partial charge in [0.1, 0.15) is 0 Å². The van der Waals surface area contributed by atoms with Gasteiger partial charge in [0, 0.05) is 12.0 Å². The summed E-state index contributed by atoms with van der Waals surface area (Å²) in [7, 11) is 0. The zero-order valence-corrected chi connectivity index (χ0v) is 8.36. The molecule has 0 heterocycles. The van der Waals surface area contributed by atoms with Gasteiger partial charge in [-0.05, 0) is 22.8 Å².